The average Bonchev–Trinajstić information content (AvgIpc) is 2.63. The van der Waals surface area contributed by atoms with E-state index in [0.717, 1.165) is 0 Å². The summed E-state index contributed by atoms with van der Waals surface area (Å²) in [5.41, 5.74) is 6.00. The van der Waals surface area contributed by atoms with Crippen LogP contribution in [0.3, 0.4) is 0 Å². The predicted octanol–water partition coefficient (Wildman–Crippen LogP) is -0.528. The van der Waals surface area contributed by atoms with Crippen LogP contribution in [0.1, 0.15) is 0 Å². The number of hydrogen-bond donors (Lipinski definition) is 2. The fourth-order valence-corrected chi connectivity index (χ4v) is 1.30. The fourth-order valence-electron chi connectivity index (χ4n) is 1.30. The number of aromatic nitrogens is 2. The molecule has 88 valence electrons. The van der Waals surface area contributed by atoms with Crippen LogP contribution in [0, 0.1) is 0 Å². The summed E-state index contributed by atoms with van der Waals surface area (Å²) in [6, 6.07) is 0. The number of carbonyl (C=O) groups excluding carboxylic acids is 1. The molecule has 1 aromatic rings. The third-order valence-electron chi connectivity index (χ3n) is 2.02. The molecular weight excluding hydrogens is 208 g/mol. The van der Waals surface area contributed by atoms with Gasteiger partial charge in [-0.1, -0.05) is 6.08 Å². The summed E-state index contributed by atoms with van der Waals surface area (Å²) in [6.07, 6.45) is 4.69. The minimum absolute atomic E-state index is 0.0686. The van der Waals surface area contributed by atoms with Gasteiger partial charge in [-0.05, 0) is 0 Å². The highest BCUT2D eigenvalue weighted by Crippen LogP contribution is 1.99. The van der Waals surface area contributed by atoms with Gasteiger partial charge in [0.15, 0.2) is 0 Å². The second kappa shape index (κ2) is 5.92. The molecule has 1 rings (SSSR count). The SMILES string of the molecule is C=CCN(CCO)C(=O)Cn1cc(N)cn1. The zero-order valence-corrected chi connectivity index (χ0v) is 9.04. The molecule has 0 aliphatic heterocycles. The van der Waals surface area contributed by atoms with Gasteiger partial charge in [0.2, 0.25) is 5.91 Å². The van der Waals surface area contributed by atoms with E-state index in [1.807, 2.05) is 0 Å². The summed E-state index contributed by atoms with van der Waals surface area (Å²) in [5.74, 6) is -0.128. The molecule has 0 saturated carbocycles. The van der Waals surface area contributed by atoms with E-state index in [1.165, 1.54) is 15.8 Å². The summed E-state index contributed by atoms with van der Waals surface area (Å²) in [5, 5.41) is 12.7. The maximum Gasteiger partial charge on any atom is 0.244 e. The van der Waals surface area contributed by atoms with E-state index in [4.69, 9.17) is 10.8 Å². The first-order valence-corrected chi connectivity index (χ1v) is 4.95. The quantitative estimate of drug-likeness (QED) is 0.636. The van der Waals surface area contributed by atoms with Gasteiger partial charge >= 0.3 is 0 Å². The maximum absolute atomic E-state index is 11.8. The number of carbonyl (C=O) groups is 1. The smallest absolute Gasteiger partial charge is 0.244 e. The number of amides is 1. The van der Waals surface area contributed by atoms with Crippen molar-refractivity contribution < 1.29 is 9.90 Å². The molecule has 3 N–H and O–H groups in total. The molecule has 0 aromatic carbocycles. The van der Waals surface area contributed by atoms with Crippen molar-refractivity contribution in [2.75, 3.05) is 25.4 Å². The second-order valence-corrected chi connectivity index (χ2v) is 3.32. The molecule has 16 heavy (non-hydrogen) atoms. The van der Waals surface area contributed by atoms with Crippen molar-refractivity contribution in [2.45, 2.75) is 6.54 Å². The largest absolute Gasteiger partial charge is 0.396 e. The number of nitrogens with zero attached hydrogens (tertiary/aromatic N) is 3. The Labute approximate surface area is 94.0 Å². The lowest BCUT2D eigenvalue weighted by atomic mass is 10.4. The van der Waals surface area contributed by atoms with Gasteiger partial charge < -0.3 is 15.7 Å². The molecule has 6 nitrogen and oxygen atoms in total. The van der Waals surface area contributed by atoms with Gasteiger partial charge in [0.1, 0.15) is 6.54 Å². The summed E-state index contributed by atoms with van der Waals surface area (Å²) >= 11 is 0. The summed E-state index contributed by atoms with van der Waals surface area (Å²) in [4.78, 5) is 13.3. The molecule has 0 saturated heterocycles. The molecule has 0 atom stereocenters. The van der Waals surface area contributed by atoms with Crippen LogP contribution >= 0.6 is 0 Å². The molecule has 0 fully saturated rings. The zero-order chi connectivity index (χ0) is 12.0. The van der Waals surface area contributed by atoms with E-state index in [9.17, 15) is 4.79 Å². The minimum Gasteiger partial charge on any atom is -0.396 e. The standard InChI is InChI=1S/C10H16N4O2/c1-2-3-13(4-5-15)10(16)8-14-7-9(11)6-12-14/h2,6-7,15H,1,3-5,8,11H2. The first-order valence-electron chi connectivity index (χ1n) is 4.95. The van der Waals surface area contributed by atoms with Crippen molar-refractivity contribution in [1.29, 1.82) is 0 Å². The Hall–Kier alpha value is -1.82. The first-order chi connectivity index (χ1) is 7.67. The maximum atomic E-state index is 11.8. The Morgan fingerprint density at radius 3 is 3.00 bits per heavy atom. The number of anilines is 1. The number of aliphatic hydroxyl groups is 1. The molecule has 0 aliphatic carbocycles. The highest BCUT2D eigenvalue weighted by molar-refractivity contribution is 5.76. The van der Waals surface area contributed by atoms with Gasteiger partial charge in [-0.25, -0.2) is 0 Å². The summed E-state index contributed by atoms with van der Waals surface area (Å²) < 4.78 is 1.46. The monoisotopic (exact) mass is 224 g/mol. The van der Waals surface area contributed by atoms with E-state index in [-0.39, 0.29) is 19.1 Å². The summed E-state index contributed by atoms with van der Waals surface area (Å²) in [6.45, 7) is 4.31. The van der Waals surface area contributed by atoms with E-state index < -0.39 is 0 Å². The van der Waals surface area contributed by atoms with Crippen molar-refractivity contribution in [3.8, 4) is 0 Å². The fraction of sp³-hybridized carbons (Fsp3) is 0.400. The Morgan fingerprint density at radius 2 is 2.50 bits per heavy atom. The molecule has 1 amide bonds. The van der Waals surface area contributed by atoms with Crippen LogP contribution in [0.15, 0.2) is 25.0 Å². The lowest BCUT2D eigenvalue weighted by Gasteiger charge is -2.19. The van der Waals surface area contributed by atoms with Gasteiger partial charge in [0.05, 0.1) is 18.5 Å². The van der Waals surface area contributed by atoms with Gasteiger partial charge in [-0.3, -0.25) is 9.48 Å². The average molecular weight is 224 g/mol. The van der Waals surface area contributed by atoms with E-state index in [2.05, 4.69) is 11.7 Å². The van der Waals surface area contributed by atoms with Gasteiger partial charge in [0.25, 0.3) is 0 Å². The van der Waals surface area contributed by atoms with E-state index in [0.29, 0.717) is 18.8 Å². The second-order valence-electron chi connectivity index (χ2n) is 3.32. The van der Waals surface area contributed by atoms with Crippen LogP contribution in [0.5, 0.6) is 0 Å². The van der Waals surface area contributed by atoms with Crippen molar-refractivity contribution in [2.24, 2.45) is 0 Å². The molecule has 0 bridgehead atoms. The summed E-state index contributed by atoms with van der Waals surface area (Å²) in [7, 11) is 0. The van der Waals surface area contributed by atoms with Gasteiger partial charge in [-0.2, -0.15) is 5.10 Å². The van der Waals surface area contributed by atoms with Crippen LogP contribution in [-0.2, 0) is 11.3 Å². The van der Waals surface area contributed by atoms with Crippen LogP contribution in [0.4, 0.5) is 5.69 Å². The van der Waals surface area contributed by atoms with Crippen LogP contribution < -0.4 is 5.73 Å². The topological polar surface area (TPSA) is 84.4 Å². The van der Waals surface area contributed by atoms with E-state index in [1.54, 1.807) is 12.3 Å². The highest BCUT2D eigenvalue weighted by Gasteiger charge is 2.12. The Morgan fingerprint density at radius 1 is 1.75 bits per heavy atom. The molecule has 0 radical (unpaired) electrons. The molecule has 1 heterocycles. The third kappa shape index (κ3) is 3.39. The number of nitrogens with two attached hydrogens (primary N) is 1. The van der Waals surface area contributed by atoms with Gasteiger partial charge in [0, 0.05) is 19.3 Å². The number of aliphatic hydroxyl groups excluding tert-OH is 1. The minimum atomic E-state index is -0.128. The first kappa shape index (κ1) is 12.3. The van der Waals surface area contributed by atoms with Crippen LogP contribution in [-0.4, -0.2) is 45.4 Å². The number of hydrogen-bond acceptors (Lipinski definition) is 4. The highest BCUT2D eigenvalue weighted by atomic mass is 16.3. The normalized spacial score (nSPS) is 10.1. The lowest BCUT2D eigenvalue weighted by Crippen LogP contribution is -2.36. The van der Waals surface area contributed by atoms with Crippen LogP contribution in [0.25, 0.3) is 0 Å². The Balaban J connectivity index is 2.57. The third-order valence-corrected chi connectivity index (χ3v) is 2.02. The number of rotatable bonds is 6. The molecule has 0 spiro atoms. The van der Waals surface area contributed by atoms with E-state index >= 15 is 0 Å². The van der Waals surface area contributed by atoms with Crippen molar-refractivity contribution in [3.05, 3.63) is 25.0 Å². The predicted molar refractivity (Wildman–Crippen MR) is 60.5 cm³/mol. The van der Waals surface area contributed by atoms with Crippen molar-refractivity contribution in [3.63, 3.8) is 0 Å². The molecule has 6 heteroatoms. The van der Waals surface area contributed by atoms with Crippen molar-refractivity contribution in [1.82, 2.24) is 14.7 Å². The zero-order valence-electron chi connectivity index (χ0n) is 9.04. The van der Waals surface area contributed by atoms with Crippen molar-refractivity contribution >= 4 is 11.6 Å². The Bertz CT molecular complexity index is 361. The van der Waals surface area contributed by atoms with Crippen LogP contribution in [0.2, 0.25) is 0 Å². The molecule has 0 aliphatic rings. The number of nitrogen functional groups attached to an aromatic ring is 1. The van der Waals surface area contributed by atoms with Gasteiger partial charge in [-0.15, -0.1) is 6.58 Å². The lowest BCUT2D eigenvalue weighted by molar-refractivity contribution is -0.132. The molecule has 0 unspecified atom stereocenters. The molecular formula is C10H16N4O2. The molecule has 1 aromatic heterocycles. The Kier molecular flexibility index (Phi) is 4.53.